The number of Topliss-reactive ketones (excluding diaryl/α,β-unsaturated/α-hetero) is 1. The van der Waals surface area contributed by atoms with E-state index in [2.05, 4.69) is 46.7 Å². The molecule has 0 spiro atoms. The van der Waals surface area contributed by atoms with Crippen molar-refractivity contribution in [3.63, 3.8) is 0 Å². The molecule has 3 aromatic carbocycles. The molecular weight excluding hydrogens is 481 g/mol. The average molecular weight is 512 g/mol. The van der Waals surface area contributed by atoms with Crippen molar-refractivity contribution in [2.24, 2.45) is 0 Å². The second-order valence-corrected chi connectivity index (χ2v) is 9.64. The van der Waals surface area contributed by atoms with Crippen LogP contribution < -0.4 is 15.5 Å². The summed E-state index contributed by atoms with van der Waals surface area (Å²) in [6.07, 6.45) is -0.839. The Hall–Kier alpha value is -2.41. The Bertz CT molecular complexity index is 1140. The number of halogens is 2. The lowest BCUT2D eigenvalue weighted by molar-refractivity contribution is -0.132. The molecule has 1 aliphatic heterocycles. The number of piperazine rings is 1. The molecule has 1 aliphatic rings. The number of carbonyl (C=O) groups excluding carboxylic acids is 1. The van der Waals surface area contributed by atoms with Crippen molar-refractivity contribution in [2.75, 3.05) is 18.0 Å². The van der Waals surface area contributed by atoms with Gasteiger partial charge in [-0.2, -0.15) is 0 Å². The zero-order valence-corrected chi connectivity index (χ0v) is 21.5. The predicted molar refractivity (Wildman–Crippen MR) is 143 cm³/mol. The lowest BCUT2D eigenvalue weighted by Crippen LogP contribution is -2.67. The van der Waals surface area contributed by atoms with Gasteiger partial charge in [0.15, 0.2) is 5.78 Å². The van der Waals surface area contributed by atoms with E-state index in [0.29, 0.717) is 16.6 Å². The molecule has 3 unspecified atom stereocenters. The third-order valence-electron chi connectivity index (χ3n) is 6.34. The number of para-hydroxylation sites is 1. The highest BCUT2D eigenvalue weighted by Crippen LogP contribution is 2.27. The minimum absolute atomic E-state index is 0.0195. The molecular formula is C28H31Cl2N3O2. The fourth-order valence-electron chi connectivity index (χ4n) is 4.43. The molecule has 2 N–H and O–H groups in total. The molecule has 184 valence electrons. The van der Waals surface area contributed by atoms with Gasteiger partial charge in [0.25, 0.3) is 0 Å². The largest absolute Gasteiger partial charge is 0.366 e. The highest BCUT2D eigenvalue weighted by Gasteiger charge is 2.39. The molecule has 0 saturated carbocycles. The number of nitrogens with zero attached hydrogens (tertiary/aromatic N) is 1. The third kappa shape index (κ3) is 6.43. The summed E-state index contributed by atoms with van der Waals surface area (Å²) in [4.78, 5) is 16.1. The topological polar surface area (TPSA) is 53.6 Å². The molecule has 1 heterocycles. The molecule has 35 heavy (non-hydrogen) atoms. The molecule has 5 nitrogen and oxygen atoms in total. The van der Waals surface area contributed by atoms with Crippen LogP contribution in [0.25, 0.3) is 0 Å². The Morgan fingerprint density at radius 2 is 1.80 bits per heavy atom. The second-order valence-electron chi connectivity index (χ2n) is 8.83. The summed E-state index contributed by atoms with van der Waals surface area (Å²) in [7, 11) is 0. The van der Waals surface area contributed by atoms with Gasteiger partial charge in [-0.3, -0.25) is 15.4 Å². The number of ether oxygens (including phenoxy) is 1. The van der Waals surface area contributed by atoms with Crippen molar-refractivity contribution in [1.29, 1.82) is 0 Å². The monoisotopic (exact) mass is 511 g/mol. The van der Waals surface area contributed by atoms with Crippen LogP contribution in [0.3, 0.4) is 0 Å². The minimum atomic E-state index is -0.609. The van der Waals surface area contributed by atoms with E-state index in [0.717, 1.165) is 35.5 Å². The van der Waals surface area contributed by atoms with Crippen LogP contribution in [-0.2, 0) is 22.7 Å². The number of nitrogens with one attached hydrogen (secondary N) is 2. The van der Waals surface area contributed by atoms with Gasteiger partial charge in [0.1, 0.15) is 12.1 Å². The van der Waals surface area contributed by atoms with Crippen LogP contribution in [0, 0.1) is 6.92 Å². The van der Waals surface area contributed by atoms with Gasteiger partial charge in [-0.15, -0.1) is 0 Å². The van der Waals surface area contributed by atoms with Gasteiger partial charge in [-0.25, -0.2) is 0 Å². The van der Waals surface area contributed by atoms with Crippen molar-refractivity contribution < 1.29 is 9.53 Å². The number of rotatable bonds is 9. The summed E-state index contributed by atoms with van der Waals surface area (Å²) < 4.78 is 6.03. The Morgan fingerprint density at radius 1 is 1.06 bits per heavy atom. The van der Waals surface area contributed by atoms with Gasteiger partial charge in [0, 0.05) is 25.3 Å². The fraction of sp³-hybridized carbons (Fsp3) is 0.321. The normalized spacial score (nSPS) is 18.9. The maximum atomic E-state index is 13.9. The predicted octanol–water partition coefficient (Wildman–Crippen LogP) is 5.37. The summed E-state index contributed by atoms with van der Waals surface area (Å²) >= 11 is 12.2. The number of ketones is 1. The molecule has 0 radical (unpaired) electrons. The Labute approximate surface area is 217 Å². The number of benzene rings is 3. The molecule has 4 rings (SSSR count). The van der Waals surface area contributed by atoms with E-state index in [1.165, 1.54) is 0 Å². The first-order chi connectivity index (χ1) is 16.9. The number of aryl methyl sites for hydroxylation is 1. The van der Waals surface area contributed by atoms with Gasteiger partial charge in [0.2, 0.25) is 0 Å². The minimum Gasteiger partial charge on any atom is -0.366 e. The maximum absolute atomic E-state index is 13.9. The smallest absolute Gasteiger partial charge is 0.186 e. The Morgan fingerprint density at radius 3 is 2.54 bits per heavy atom. The zero-order valence-electron chi connectivity index (χ0n) is 20.0. The zero-order chi connectivity index (χ0) is 24.8. The Balaban J connectivity index is 1.54. The summed E-state index contributed by atoms with van der Waals surface area (Å²) in [5.41, 5.74) is 4.24. The van der Waals surface area contributed by atoms with Crippen LogP contribution in [0.1, 0.15) is 23.6 Å². The highest BCUT2D eigenvalue weighted by molar-refractivity contribution is 6.42. The van der Waals surface area contributed by atoms with E-state index < -0.39 is 12.1 Å². The number of hydrogen-bond donors (Lipinski definition) is 2. The van der Waals surface area contributed by atoms with E-state index in [-0.39, 0.29) is 18.6 Å². The lowest BCUT2D eigenvalue weighted by Gasteiger charge is -2.44. The van der Waals surface area contributed by atoms with Crippen LogP contribution >= 0.6 is 23.2 Å². The molecule has 1 saturated heterocycles. The standard InChI is InChI=1S/C28H31Cl2N3O2/c1-19-8-6-7-11-25(19)33-15-14-31-28(32-17-21-9-4-3-5-10-21)26(33)27(34)20(2)35-18-22-12-13-23(29)24(30)16-22/h3-13,16,20,26,28,31-32H,14-15,17-18H2,1-2H3. The van der Waals surface area contributed by atoms with Crippen molar-refractivity contribution >= 4 is 34.7 Å². The van der Waals surface area contributed by atoms with Crippen LogP contribution in [0.5, 0.6) is 0 Å². The van der Waals surface area contributed by atoms with Crippen molar-refractivity contribution in [2.45, 2.75) is 45.3 Å². The van der Waals surface area contributed by atoms with E-state index in [1.807, 2.05) is 43.3 Å². The van der Waals surface area contributed by atoms with Crippen molar-refractivity contribution in [3.8, 4) is 0 Å². The van der Waals surface area contributed by atoms with E-state index >= 15 is 0 Å². The molecule has 1 fully saturated rings. The first-order valence-corrected chi connectivity index (χ1v) is 12.6. The molecule has 0 bridgehead atoms. The quantitative estimate of drug-likeness (QED) is 0.404. The SMILES string of the molecule is Cc1ccccc1N1CCNC(NCc2ccccc2)C1C(=O)C(C)OCc1ccc(Cl)c(Cl)c1. The van der Waals surface area contributed by atoms with E-state index in [4.69, 9.17) is 27.9 Å². The van der Waals surface area contributed by atoms with Gasteiger partial charge >= 0.3 is 0 Å². The molecule has 7 heteroatoms. The van der Waals surface area contributed by atoms with E-state index in [9.17, 15) is 4.79 Å². The van der Waals surface area contributed by atoms with Gasteiger partial charge in [0.05, 0.1) is 22.8 Å². The van der Waals surface area contributed by atoms with Crippen LogP contribution in [0.15, 0.2) is 72.8 Å². The van der Waals surface area contributed by atoms with Crippen molar-refractivity contribution in [1.82, 2.24) is 10.6 Å². The van der Waals surface area contributed by atoms with Crippen molar-refractivity contribution in [3.05, 3.63) is 99.5 Å². The number of hydrogen-bond acceptors (Lipinski definition) is 5. The Kier molecular flexibility index (Phi) is 8.82. The average Bonchev–Trinajstić information content (AvgIpc) is 2.88. The first-order valence-electron chi connectivity index (χ1n) is 11.9. The summed E-state index contributed by atoms with van der Waals surface area (Å²) in [6.45, 7) is 6.32. The molecule has 3 atom stereocenters. The van der Waals surface area contributed by atoms with Crippen LogP contribution in [-0.4, -0.2) is 37.2 Å². The van der Waals surface area contributed by atoms with Gasteiger partial charge in [-0.05, 0) is 48.7 Å². The van der Waals surface area contributed by atoms with E-state index in [1.54, 1.807) is 12.1 Å². The highest BCUT2D eigenvalue weighted by atomic mass is 35.5. The van der Waals surface area contributed by atoms with Crippen LogP contribution in [0.2, 0.25) is 10.0 Å². The fourth-order valence-corrected chi connectivity index (χ4v) is 4.75. The van der Waals surface area contributed by atoms with Gasteiger partial charge in [-0.1, -0.05) is 77.8 Å². The molecule has 3 aromatic rings. The number of anilines is 1. The third-order valence-corrected chi connectivity index (χ3v) is 7.08. The van der Waals surface area contributed by atoms with Crippen LogP contribution in [0.4, 0.5) is 5.69 Å². The molecule has 0 amide bonds. The number of carbonyl (C=O) groups is 1. The van der Waals surface area contributed by atoms with Gasteiger partial charge < -0.3 is 9.64 Å². The summed E-state index contributed by atoms with van der Waals surface area (Å²) in [5, 5.41) is 8.06. The first kappa shape index (κ1) is 25.7. The lowest BCUT2D eigenvalue weighted by atomic mass is 9.98. The summed E-state index contributed by atoms with van der Waals surface area (Å²) in [6, 6.07) is 23.3. The second kappa shape index (κ2) is 12.0. The maximum Gasteiger partial charge on any atom is 0.186 e. The molecule has 0 aromatic heterocycles. The molecule has 0 aliphatic carbocycles. The summed E-state index contributed by atoms with van der Waals surface area (Å²) in [5.74, 6) is 0.0195.